The van der Waals surface area contributed by atoms with E-state index in [1.165, 1.54) is 11.6 Å². The molecule has 0 amide bonds. The molecule has 166 valence electrons. The van der Waals surface area contributed by atoms with Crippen LogP contribution in [0.15, 0.2) is 34.8 Å². The number of aliphatic hydroxyl groups excluding tert-OH is 1. The number of hydrogen-bond donors (Lipinski definition) is 2. The van der Waals surface area contributed by atoms with E-state index in [1.807, 2.05) is 0 Å². The summed E-state index contributed by atoms with van der Waals surface area (Å²) in [6.07, 6.45) is 9.46. The molecule has 0 aromatic heterocycles. The van der Waals surface area contributed by atoms with Crippen molar-refractivity contribution in [2.45, 2.75) is 80.1 Å². The number of ketones is 2. The van der Waals surface area contributed by atoms with Crippen molar-refractivity contribution in [1.82, 2.24) is 5.32 Å². The molecule has 2 N–H and O–H groups in total. The van der Waals surface area contributed by atoms with Crippen LogP contribution in [0.4, 0.5) is 0 Å². The Morgan fingerprint density at radius 2 is 1.93 bits per heavy atom. The van der Waals surface area contributed by atoms with Crippen molar-refractivity contribution < 1.29 is 14.7 Å². The molecule has 0 aromatic rings. The van der Waals surface area contributed by atoms with Crippen LogP contribution < -0.4 is 5.32 Å². The van der Waals surface area contributed by atoms with E-state index in [0.717, 1.165) is 32.1 Å². The zero-order chi connectivity index (χ0) is 22.3. The average Bonchev–Trinajstić information content (AvgIpc) is 2.68. The Morgan fingerprint density at radius 1 is 1.23 bits per heavy atom. The van der Waals surface area contributed by atoms with E-state index in [0.29, 0.717) is 42.0 Å². The number of aliphatic hydroxyl groups is 1. The third-order valence-electron chi connectivity index (χ3n) is 8.50. The SMILES string of the molecule is CC1=CCC[C@H]2[C@](C)(CC3=C(O)C(NCCC(C)C)=CC(=O)C3=O)[C@@H](C)CC[C@@]12C. The summed E-state index contributed by atoms with van der Waals surface area (Å²) in [6, 6.07) is 0. The fraction of sp³-hybridized carbons (Fsp3) is 0.692. The number of Topliss-reactive ketones (excluding diaryl/α,β-unsaturated/α-hetero) is 1. The van der Waals surface area contributed by atoms with Crippen molar-refractivity contribution in [1.29, 1.82) is 0 Å². The van der Waals surface area contributed by atoms with Crippen LogP contribution in [-0.4, -0.2) is 23.2 Å². The molecule has 0 unspecified atom stereocenters. The highest BCUT2D eigenvalue weighted by atomic mass is 16.3. The predicted molar refractivity (Wildman–Crippen MR) is 121 cm³/mol. The second kappa shape index (κ2) is 8.36. The van der Waals surface area contributed by atoms with Crippen LogP contribution in [0.1, 0.15) is 80.1 Å². The summed E-state index contributed by atoms with van der Waals surface area (Å²) in [7, 11) is 0. The van der Waals surface area contributed by atoms with Gasteiger partial charge in [0, 0.05) is 18.2 Å². The van der Waals surface area contributed by atoms with E-state index in [-0.39, 0.29) is 16.6 Å². The lowest BCUT2D eigenvalue weighted by Gasteiger charge is -2.58. The van der Waals surface area contributed by atoms with Gasteiger partial charge in [0.25, 0.3) is 0 Å². The van der Waals surface area contributed by atoms with Gasteiger partial charge in [0.05, 0.1) is 5.70 Å². The minimum atomic E-state index is -0.536. The summed E-state index contributed by atoms with van der Waals surface area (Å²) < 4.78 is 0. The molecule has 0 bridgehead atoms. The number of allylic oxidation sites excluding steroid dienone is 4. The van der Waals surface area contributed by atoms with Crippen LogP contribution in [0.5, 0.6) is 0 Å². The topological polar surface area (TPSA) is 66.4 Å². The minimum Gasteiger partial charge on any atom is -0.505 e. The Labute approximate surface area is 181 Å². The predicted octanol–water partition coefficient (Wildman–Crippen LogP) is 5.66. The lowest BCUT2D eigenvalue weighted by atomic mass is 9.46. The Kier molecular flexibility index (Phi) is 6.36. The van der Waals surface area contributed by atoms with E-state index < -0.39 is 11.6 Å². The van der Waals surface area contributed by atoms with Crippen molar-refractivity contribution in [3.05, 3.63) is 34.8 Å². The van der Waals surface area contributed by atoms with Gasteiger partial charge in [-0.15, -0.1) is 0 Å². The summed E-state index contributed by atoms with van der Waals surface area (Å²) >= 11 is 0. The van der Waals surface area contributed by atoms with E-state index in [1.54, 1.807) is 0 Å². The van der Waals surface area contributed by atoms with Gasteiger partial charge in [-0.25, -0.2) is 0 Å². The maximum absolute atomic E-state index is 12.8. The standard InChI is InChI=1S/C26H39NO3/c1-16(2)11-13-27-20-14-21(28)24(30)19(23(20)29)15-26(6)18(4)10-12-25(5)17(3)8-7-9-22(25)26/h8,14,16,18,22,27,29H,7,9-13,15H2,1-6H3/t18-,22+,25-,26+/m0/s1. The number of hydrogen-bond acceptors (Lipinski definition) is 4. The quantitative estimate of drug-likeness (QED) is 0.335. The highest BCUT2D eigenvalue weighted by molar-refractivity contribution is 6.48. The van der Waals surface area contributed by atoms with Gasteiger partial charge in [0.15, 0.2) is 0 Å². The normalized spacial score (nSPS) is 34.6. The third-order valence-corrected chi connectivity index (χ3v) is 8.50. The zero-order valence-corrected chi connectivity index (χ0v) is 19.6. The van der Waals surface area contributed by atoms with E-state index in [2.05, 4.69) is 52.9 Å². The first kappa shape index (κ1) is 22.8. The van der Waals surface area contributed by atoms with E-state index >= 15 is 0 Å². The maximum atomic E-state index is 12.8. The first-order chi connectivity index (χ1) is 14.0. The Morgan fingerprint density at radius 3 is 2.60 bits per heavy atom. The van der Waals surface area contributed by atoms with Crippen LogP contribution in [-0.2, 0) is 9.59 Å². The molecule has 3 rings (SSSR count). The van der Waals surface area contributed by atoms with E-state index in [4.69, 9.17) is 0 Å². The van der Waals surface area contributed by atoms with Gasteiger partial charge >= 0.3 is 0 Å². The lowest BCUT2D eigenvalue weighted by molar-refractivity contribution is -0.132. The Hall–Kier alpha value is -1.84. The Balaban J connectivity index is 1.93. The van der Waals surface area contributed by atoms with Crippen LogP contribution >= 0.6 is 0 Å². The van der Waals surface area contributed by atoms with Crippen LogP contribution in [0.3, 0.4) is 0 Å². The molecule has 0 spiro atoms. The van der Waals surface area contributed by atoms with Crippen molar-refractivity contribution in [2.75, 3.05) is 6.54 Å². The smallest absolute Gasteiger partial charge is 0.232 e. The number of carbonyl (C=O) groups excluding carboxylic acids is 2. The monoisotopic (exact) mass is 413 g/mol. The molecule has 3 aliphatic rings. The summed E-state index contributed by atoms with van der Waals surface area (Å²) in [6.45, 7) is 14.1. The largest absolute Gasteiger partial charge is 0.505 e. The van der Waals surface area contributed by atoms with Gasteiger partial charge in [-0.2, -0.15) is 0 Å². The number of carbonyl (C=O) groups is 2. The second-order valence-corrected chi connectivity index (χ2v) is 10.7. The summed E-state index contributed by atoms with van der Waals surface area (Å²) in [4.78, 5) is 25.3. The third kappa shape index (κ3) is 3.90. The molecule has 0 saturated heterocycles. The highest BCUT2D eigenvalue weighted by Crippen LogP contribution is 2.62. The average molecular weight is 414 g/mol. The number of rotatable bonds is 6. The molecular formula is C26H39NO3. The molecule has 1 saturated carbocycles. The van der Waals surface area contributed by atoms with Crippen molar-refractivity contribution in [2.24, 2.45) is 28.6 Å². The van der Waals surface area contributed by atoms with Crippen molar-refractivity contribution in [3.8, 4) is 0 Å². The fourth-order valence-corrected chi connectivity index (χ4v) is 6.07. The summed E-state index contributed by atoms with van der Waals surface area (Å²) in [5, 5.41) is 14.2. The van der Waals surface area contributed by atoms with Gasteiger partial charge < -0.3 is 10.4 Å². The van der Waals surface area contributed by atoms with Gasteiger partial charge in [-0.05, 0) is 74.0 Å². The highest BCUT2D eigenvalue weighted by Gasteiger charge is 2.54. The number of nitrogens with one attached hydrogen (secondary N) is 1. The molecule has 0 aliphatic heterocycles. The molecule has 0 heterocycles. The maximum Gasteiger partial charge on any atom is 0.232 e. The molecule has 1 fully saturated rings. The molecule has 0 radical (unpaired) electrons. The minimum absolute atomic E-state index is 0.0212. The molecule has 3 aliphatic carbocycles. The fourth-order valence-electron chi connectivity index (χ4n) is 6.07. The van der Waals surface area contributed by atoms with Crippen LogP contribution in [0.25, 0.3) is 0 Å². The van der Waals surface area contributed by atoms with E-state index in [9.17, 15) is 14.7 Å². The zero-order valence-electron chi connectivity index (χ0n) is 19.6. The van der Waals surface area contributed by atoms with Crippen LogP contribution in [0, 0.1) is 28.6 Å². The Bertz CT molecular complexity index is 818. The first-order valence-corrected chi connectivity index (χ1v) is 11.6. The molecule has 4 atom stereocenters. The molecule has 4 nitrogen and oxygen atoms in total. The first-order valence-electron chi connectivity index (χ1n) is 11.6. The second-order valence-electron chi connectivity index (χ2n) is 10.7. The molecule has 30 heavy (non-hydrogen) atoms. The van der Waals surface area contributed by atoms with Crippen LogP contribution in [0.2, 0.25) is 0 Å². The molecule has 0 aromatic carbocycles. The summed E-state index contributed by atoms with van der Waals surface area (Å²) in [5.41, 5.74) is 2.16. The number of fused-ring (bicyclic) bond motifs is 1. The molecule has 4 heteroatoms. The molecular weight excluding hydrogens is 374 g/mol. The van der Waals surface area contributed by atoms with Gasteiger partial charge in [-0.1, -0.05) is 46.3 Å². The van der Waals surface area contributed by atoms with Crippen molar-refractivity contribution in [3.63, 3.8) is 0 Å². The van der Waals surface area contributed by atoms with Crippen molar-refractivity contribution >= 4 is 11.6 Å². The lowest BCUT2D eigenvalue weighted by Crippen LogP contribution is -2.50. The van der Waals surface area contributed by atoms with Gasteiger partial charge in [0.2, 0.25) is 11.6 Å². The van der Waals surface area contributed by atoms with Gasteiger partial charge in [-0.3, -0.25) is 9.59 Å². The summed E-state index contributed by atoms with van der Waals surface area (Å²) in [5.74, 6) is 0.298. The van der Waals surface area contributed by atoms with Gasteiger partial charge in [0.1, 0.15) is 5.76 Å².